The molecule has 0 spiro atoms. The molecule has 5 heteroatoms. The van der Waals surface area contributed by atoms with E-state index < -0.39 is 0 Å². The molecule has 1 fully saturated rings. The molecule has 1 aliphatic rings. The van der Waals surface area contributed by atoms with Crippen LogP contribution in [0.5, 0.6) is 0 Å². The van der Waals surface area contributed by atoms with Crippen LogP contribution in [0.4, 0.5) is 0 Å². The Morgan fingerprint density at radius 2 is 1.86 bits per heavy atom. The van der Waals surface area contributed by atoms with E-state index in [-0.39, 0.29) is 26.7 Å². The number of nitrogens with one attached hydrogen (secondary N) is 1. The first-order chi connectivity index (χ1) is 13.7. The average molecular weight is 634 g/mol. The van der Waals surface area contributed by atoms with E-state index in [9.17, 15) is 0 Å². The molecule has 1 saturated heterocycles. The van der Waals surface area contributed by atoms with E-state index in [2.05, 4.69) is 89.8 Å². The van der Waals surface area contributed by atoms with Gasteiger partial charge in [-0.1, -0.05) is 0 Å². The average Bonchev–Trinajstić information content (AvgIpc) is 3.06. The van der Waals surface area contributed by atoms with Crippen LogP contribution >= 0.6 is 22.9 Å². The van der Waals surface area contributed by atoms with Gasteiger partial charge in [-0.15, -0.1) is 0 Å². The zero-order chi connectivity index (χ0) is 22.1. The molecule has 4 atom stereocenters. The second-order valence-electron chi connectivity index (χ2n) is 10.2. The van der Waals surface area contributed by atoms with Gasteiger partial charge in [-0.2, -0.15) is 0 Å². The van der Waals surface area contributed by atoms with Crippen LogP contribution in [-0.4, -0.2) is 48.2 Å². The molecule has 3 nitrogen and oxygen atoms in total. The van der Waals surface area contributed by atoms with Crippen molar-refractivity contribution in [1.29, 1.82) is 0 Å². The molecule has 0 aromatic carbocycles. The Morgan fingerprint density at radius 1 is 1.17 bits per heavy atom. The minimum absolute atomic E-state index is 0.238. The zero-order valence-electron chi connectivity index (χ0n) is 20.7. The Balaban J connectivity index is 3.02. The number of unbranched alkanes of at least 4 members (excludes halogenated alkanes) is 1. The van der Waals surface area contributed by atoms with Crippen molar-refractivity contribution >= 4 is 22.9 Å². The number of hydrogen-bond donors (Lipinski definition) is 1. The van der Waals surface area contributed by atoms with E-state index in [0.717, 1.165) is 5.92 Å². The van der Waals surface area contributed by atoms with Crippen molar-refractivity contribution in [3.05, 3.63) is 0 Å². The van der Waals surface area contributed by atoms with Gasteiger partial charge in [-0.05, 0) is 0 Å². The fourth-order valence-electron chi connectivity index (χ4n) is 5.02. The molecule has 1 N–H and O–H groups in total. The Bertz CT molecular complexity index is 440. The summed E-state index contributed by atoms with van der Waals surface area (Å²) in [6.07, 6.45) is 10.4. The van der Waals surface area contributed by atoms with E-state index in [1.165, 1.54) is 68.9 Å². The molecule has 2 unspecified atom stereocenters. The van der Waals surface area contributed by atoms with E-state index in [0.29, 0.717) is 17.5 Å². The molecular weight excluding hydrogens is 584 g/mol. The molecule has 176 valence electrons. The molecule has 0 aliphatic carbocycles. The standard InChI is InChI=1S/C24H50I2N3/c1-9-13-15-22-21(23(5,6)7)16-17-29(22)27-24(12-4,18-26-8)19-28(25)20(11-3)14-10-2/h20-22,27H,9-19H2,1-8H3/q-1/t20?,21-,22?,24-/m1/s1. The van der Waals surface area contributed by atoms with Crippen LogP contribution in [0.25, 0.3) is 0 Å². The second-order valence-corrected chi connectivity index (χ2v) is 13.7. The summed E-state index contributed by atoms with van der Waals surface area (Å²) in [5.41, 5.74) is 4.84. The molecule has 0 saturated carbocycles. The van der Waals surface area contributed by atoms with E-state index in [1.54, 1.807) is 0 Å². The van der Waals surface area contributed by atoms with Gasteiger partial charge in [-0.3, -0.25) is 0 Å². The van der Waals surface area contributed by atoms with Crippen LogP contribution in [0.1, 0.15) is 99.8 Å². The normalized spacial score (nSPS) is 24.3. The number of hydrazine groups is 1. The van der Waals surface area contributed by atoms with Crippen molar-refractivity contribution in [2.75, 3.05) is 22.4 Å². The van der Waals surface area contributed by atoms with Crippen LogP contribution in [0, 0.1) is 11.3 Å². The summed E-state index contributed by atoms with van der Waals surface area (Å²) in [6, 6.07) is 1.40. The molecular formula is C24H50I2N3-. The van der Waals surface area contributed by atoms with E-state index >= 15 is 0 Å². The number of rotatable bonds is 14. The zero-order valence-corrected chi connectivity index (χ0v) is 25.0. The van der Waals surface area contributed by atoms with Gasteiger partial charge in [0.1, 0.15) is 0 Å². The molecule has 0 aromatic heterocycles. The van der Waals surface area contributed by atoms with Crippen molar-refractivity contribution in [2.24, 2.45) is 11.3 Å². The number of nitrogens with zero attached hydrogens (tertiary/aromatic N) is 2. The van der Waals surface area contributed by atoms with Gasteiger partial charge in [0.15, 0.2) is 0 Å². The van der Waals surface area contributed by atoms with E-state index in [4.69, 9.17) is 0 Å². The van der Waals surface area contributed by atoms with Crippen LogP contribution < -0.4 is 26.6 Å². The molecule has 0 amide bonds. The summed E-state index contributed by atoms with van der Waals surface area (Å²) in [5, 5.41) is 2.71. The van der Waals surface area contributed by atoms with Crippen molar-refractivity contribution in [1.82, 2.24) is 13.5 Å². The molecule has 29 heavy (non-hydrogen) atoms. The third-order valence-corrected chi connectivity index (χ3v) is 10.3. The predicted octanol–water partition coefficient (Wildman–Crippen LogP) is 3.52. The monoisotopic (exact) mass is 634 g/mol. The number of halogens is 2. The Kier molecular flexibility index (Phi) is 13.5. The third-order valence-electron chi connectivity index (χ3n) is 6.90. The quantitative estimate of drug-likeness (QED) is 0.180. The molecule has 1 heterocycles. The Labute approximate surface area is 207 Å². The first-order valence-corrected chi connectivity index (χ1v) is 16.7. The summed E-state index contributed by atoms with van der Waals surface area (Å²) in [7, 11) is 0. The minimum atomic E-state index is 0.238. The Morgan fingerprint density at radius 3 is 2.34 bits per heavy atom. The number of alkyl halides is 2. The third kappa shape index (κ3) is 8.65. The second kappa shape index (κ2) is 13.8. The van der Waals surface area contributed by atoms with Gasteiger partial charge in [0, 0.05) is 0 Å². The SMILES string of the molecule is CCCCC1[C@H](C(C)(C)C)CCN1N[C@](CC)(C[I-]C)CN(I)C(CC)CCC. The maximum absolute atomic E-state index is 4.21. The summed E-state index contributed by atoms with van der Waals surface area (Å²) in [5.74, 6) is 0.798. The van der Waals surface area contributed by atoms with Crippen molar-refractivity contribution in [2.45, 2.75) is 117 Å². The fourth-order valence-corrected chi connectivity index (χ4v) is 8.76. The first kappa shape index (κ1) is 28.4. The van der Waals surface area contributed by atoms with Crippen LogP contribution in [0.15, 0.2) is 0 Å². The van der Waals surface area contributed by atoms with Crippen LogP contribution in [0.2, 0.25) is 0 Å². The summed E-state index contributed by atoms with van der Waals surface area (Å²) in [6.45, 7) is 19.2. The van der Waals surface area contributed by atoms with Gasteiger partial charge in [-0.25, -0.2) is 0 Å². The van der Waals surface area contributed by atoms with Gasteiger partial charge in [0.25, 0.3) is 0 Å². The summed E-state index contributed by atoms with van der Waals surface area (Å²) >= 11 is 2.88. The van der Waals surface area contributed by atoms with Crippen molar-refractivity contribution in [3.63, 3.8) is 0 Å². The van der Waals surface area contributed by atoms with Gasteiger partial charge in [0.05, 0.1) is 0 Å². The summed E-state index contributed by atoms with van der Waals surface area (Å²) < 4.78 is 4.01. The van der Waals surface area contributed by atoms with Crippen molar-refractivity contribution < 1.29 is 21.2 Å². The fraction of sp³-hybridized carbons (Fsp3) is 1.00. The molecule has 0 aromatic rings. The molecule has 1 rings (SSSR count). The molecule has 0 bridgehead atoms. The van der Waals surface area contributed by atoms with Gasteiger partial charge >= 0.3 is 209 Å². The van der Waals surface area contributed by atoms with Crippen molar-refractivity contribution in [3.8, 4) is 0 Å². The van der Waals surface area contributed by atoms with Gasteiger partial charge < -0.3 is 0 Å². The summed E-state index contributed by atoms with van der Waals surface area (Å²) in [4.78, 5) is 2.46. The maximum atomic E-state index is 4.21. The molecule has 1 aliphatic heterocycles. The predicted molar refractivity (Wildman–Crippen MR) is 134 cm³/mol. The van der Waals surface area contributed by atoms with Crippen LogP contribution in [0.3, 0.4) is 0 Å². The Hall–Kier alpha value is 1.34. The first-order valence-electron chi connectivity index (χ1n) is 12.1. The topological polar surface area (TPSA) is 18.5 Å². The number of hydrogen-bond acceptors (Lipinski definition) is 3. The van der Waals surface area contributed by atoms with Gasteiger partial charge in [0.2, 0.25) is 0 Å². The van der Waals surface area contributed by atoms with Crippen LogP contribution in [-0.2, 0) is 0 Å². The molecule has 0 radical (unpaired) electrons. The van der Waals surface area contributed by atoms with E-state index in [1.807, 2.05) is 0 Å².